The van der Waals surface area contributed by atoms with Crippen molar-refractivity contribution in [2.45, 2.75) is 12.6 Å². The summed E-state index contributed by atoms with van der Waals surface area (Å²) < 4.78 is 1.07. The molecule has 3 rings (SSSR count). The smallest absolute Gasteiger partial charge is 0.252 e. The van der Waals surface area contributed by atoms with Gasteiger partial charge in [-0.1, -0.05) is 12.1 Å². The fourth-order valence-electron chi connectivity index (χ4n) is 2.47. The summed E-state index contributed by atoms with van der Waals surface area (Å²) in [5.41, 5.74) is 2.79. The molecule has 0 fully saturated rings. The quantitative estimate of drug-likeness (QED) is 0.416. The lowest BCUT2D eigenvalue weighted by molar-refractivity contribution is -0.124. The molecule has 0 saturated carbocycles. The van der Waals surface area contributed by atoms with Crippen molar-refractivity contribution in [1.82, 2.24) is 20.6 Å². The van der Waals surface area contributed by atoms with Crippen LogP contribution < -0.4 is 10.6 Å². The minimum atomic E-state index is -1.03. The molecule has 3 aromatic rings. The summed E-state index contributed by atoms with van der Waals surface area (Å²) in [5, 5.41) is 14.8. The average Bonchev–Trinajstić information content (AvgIpc) is 3.11. The second-order valence-electron chi connectivity index (χ2n) is 5.69. The lowest BCUT2D eigenvalue weighted by Crippen LogP contribution is -2.48. The molecule has 0 spiro atoms. The van der Waals surface area contributed by atoms with Gasteiger partial charge in [0, 0.05) is 15.7 Å². The summed E-state index contributed by atoms with van der Waals surface area (Å²) in [6, 6.07) is 11.7. The highest BCUT2D eigenvalue weighted by atomic mass is 127. The molecule has 26 heavy (non-hydrogen) atoms. The highest BCUT2D eigenvalue weighted by molar-refractivity contribution is 14.1. The SMILES string of the molecule is O=C(NC(CO)C(=O)NCc1cccc(I)c1)c1ccc2nc[nH]c2c1. The van der Waals surface area contributed by atoms with Gasteiger partial charge in [0.15, 0.2) is 0 Å². The molecule has 8 heteroatoms. The minimum Gasteiger partial charge on any atom is -0.394 e. The second kappa shape index (κ2) is 8.28. The molecule has 0 aliphatic heterocycles. The third-order valence-electron chi connectivity index (χ3n) is 3.84. The van der Waals surface area contributed by atoms with Crippen molar-refractivity contribution >= 4 is 45.4 Å². The maximum Gasteiger partial charge on any atom is 0.252 e. The summed E-state index contributed by atoms with van der Waals surface area (Å²) in [6.07, 6.45) is 1.54. The third kappa shape index (κ3) is 4.38. The topological polar surface area (TPSA) is 107 Å². The van der Waals surface area contributed by atoms with E-state index < -0.39 is 24.5 Å². The van der Waals surface area contributed by atoms with Gasteiger partial charge in [0.25, 0.3) is 5.91 Å². The normalized spacial score (nSPS) is 11.9. The molecule has 0 aliphatic carbocycles. The van der Waals surface area contributed by atoms with Gasteiger partial charge in [-0.05, 0) is 58.5 Å². The zero-order chi connectivity index (χ0) is 18.5. The number of hydrogen-bond donors (Lipinski definition) is 4. The zero-order valence-electron chi connectivity index (χ0n) is 13.7. The molecule has 1 atom stereocenters. The van der Waals surface area contributed by atoms with Crippen LogP contribution in [0.25, 0.3) is 11.0 Å². The van der Waals surface area contributed by atoms with Crippen LogP contribution in [-0.2, 0) is 11.3 Å². The fraction of sp³-hybridized carbons (Fsp3) is 0.167. The Kier molecular flexibility index (Phi) is 5.84. The number of imidazole rings is 1. The van der Waals surface area contributed by atoms with E-state index in [-0.39, 0.29) is 0 Å². The minimum absolute atomic E-state index is 0.322. The van der Waals surface area contributed by atoms with Crippen LogP contribution in [0, 0.1) is 3.57 Å². The molecule has 4 N–H and O–H groups in total. The maximum atomic E-state index is 12.4. The van der Waals surface area contributed by atoms with Crippen LogP contribution in [0.4, 0.5) is 0 Å². The molecule has 134 valence electrons. The Balaban J connectivity index is 1.62. The van der Waals surface area contributed by atoms with Crippen molar-refractivity contribution in [3.63, 3.8) is 0 Å². The van der Waals surface area contributed by atoms with Gasteiger partial charge in [0.1, 0.15) is 6.04 Å². The molecule has 0 bridgehead atoms. The molecule has 7 nitrogen and oxygen atoms in total. The van der Waals surface area contributed by atoms with Crippen LogP contribution in [0.1, 0.15) is 15.9 Å². The van der Waals surface area contributed by atoms with Crippen LogP contribution in [0.3, 0.4) is 0 Å². The van der Waals surface area contributed by atoms with Crippen molar-refractivity contribution in [3.8, 4) is 0 Å². The van der Waals surface area contributed by atoms with Gasteiger partial charge in [-0.2, -0.15) is 0 Å². The Morgan fingerprint density at radius 1 is 1.23 bits per heavy atom. The summed E-state index contributed by atoms with van der Waals surface area (Å²) in [6.45, 7) is -0.168. The lowest BCUT2D eigenvalue weighted by atomic mass is 10.1. The first-order chi connectivity index (χ1) is 12.6. The van der Waals surface area contributed by atoms with Crippen LogP contribution in [0.2, 0.25) is 0 Å². The van der Waals surface area contributed by atoms with E-state index in [2.05, 4.69) is 43.2 Å². The van der Waals surface area contributed by atoms with Gasteiger partial charge in [0.2, 0.25) is 5.91 Å². The standard InChI is InChI=1S/C18H17IN4O3/c19-13-3-1-2-11(6-13)8-20-18(26)16(9-24)23-17(25)12-4-5-14-15(7-12)22-10-21-14/h1-7,10,16,24H,8-9H2,(H,20,26)(H,21,22)(H,23,25). The summed E-state index contributed by atoms with van der Waals surface area (Å²) in [7, 11) is 0. The van der Waals surface area contributed by atoms with Crippen LogP contribution in [0.5, 0.6) is 0 Å². The van der Waals surface area contributed by atoms with E-state index in [1.54, 1.807) is 24.5 Å². The predicted molar refractivity (Wildman–Crippen MR) is 105 cm³/mol. The largest absolute Gasteiger partial charge is 0.394 e. The Morgan fingerprint density at radius 3 is 2.85 bits per heavy atom. The highest BCUT2D eigenvalue weighted by Gasteiger charge is 2.20. The van der Waals surface area contributed by atoms with Gasteiger partial charge in [0.05, 0.1) is 24.0 Å². The molecule has 2 amide bonds. The summed E-state index contributed by atoms with van der Waals surface area (Å²) in [4.78, 5) is 31.7. The first kappa shape index (κ1) is 18.3. The molecule has 1 aromatic heterocycles. The molecule has 0 aliphatic rings. The van der Waals surface area contributed by atoms with E-state index in [0.717, 1.165) is 20.2 Å². The lowest BCUT2D eigenvalue weighted by Gasteiger charge is -2.16. The van der Waals surface area contributed by atoms with Gasteiger partial charge < -0.3 is 20.7 Å². The number of aliphatic hydroxyl groups excluding tert-OH is 1. The molecule has 2 aromatic carbocycles. The van der Waals surface area contributed by atoms with Crippen LogP contribution in [0.15, 0.2) is 48.8 Å². The van der Waals surface area contributed by atoms with Crippen LogP contribution >= 0.6 is 22.6 Å². The monoisotopic (exact) mass is 464 g/mol. The summed E-state index contributed by atoms with van der Waals surface area (Å²) in [5.74, 6) is -0.882. The van der Waals surface area contributed by atoms with Crippen molar-refractivity contribution in [1.29, 1.82) is 0 Å². The van der Waals surface area contributed by atoms with Crippen molar-refractivity contribution in [2.75, 3.05) is 6.61 Å². The van der Waals surface area contributed by atoms with E-state index in [4.69, 9.17) is 0 Å². The van der Waals surface area contributed by atoms with Gasteiger partial charge in [-0.15, -0.1) is 0 Å². The van der Waals surface area contributed by atoms with E-state index in [9.17, 15) is 14.7 Å². The number of rotatable bonds is 6. The number of fused-ring (bicyclic) bond motifs is 1. The van der Waals surface area contributed by atoms with E-state index >= 15 is 0 Å². The number of nitrogens with zero attached hydrogens (tertiary/aromatic N) is 1. The average molecular weight is 464 g/mol. The number of halogens is 1. The number of hydrogen-bond acceptors (Lipinski definition) is 4. The number of carbonyl (C=O) groups excluding carboxylic acids is 2. The third-order valence-corrected chi connectivity index (χ3v) is 4.51. The van der Waals surface area contributed by atoms with Crippen LogP contribution in [-0.4, -0.2) is 39.5 Å². The number of nitrogens with one attached hydrogen (secondary N) is 3. The van der Waals surface area contributed by atoms with Gasteiger partial charge >= 0.3 is 0 Å². The summed E-state index contributed by atoms with van der Waals surface area (Å²) >= 11 is 2.19. The van der Waals surface area contributed by atoms with E-state index in [1.165, 1.54) is 0 Å². The number of H-pyrrole nitrogens is 1. The number of benzene rings is 2. The zero-order valence-corrected chi connectivity index (χ0v) is 15.9. The molecular weight excluding hydrogens is 447 g/mol. The number of aromatic amines is 1. The van der Waals surface area contributed by atoms with Crippen molar-refractivity contribution in [3.05, 3.63) is 63.5 Å². The predicted octanol–water partition coefficient (Wildman–Crippen LogP) is 1.57. The first-order valence-electron chi connectivity index (χ1n) is 7.94. The van der Waals surface area contributed by atoms with Gasteiger partial charge in [-0.3, -0.25) is 9.59 Å². The Hall–Kier alpha value is -2.46. The highest BCUT2D eigenvalue weighted by Crippen LogP contribution is 2.12. The number of carbonyl (C=O) groups is 2. The fourth-order valence-corrected chi connectivity index (χ4v) is 3.08. The second-order valence-corrected chi connectivity index (χ2v) is 6.94. The van der Waals surface area contributed by atoms with Crippen molar-refractivity contribution < 1.29 is 14.7 Å². The number of amides is 2. The number of aromatic nitrogens is 2. The Bertz CT molecular complexity index is 941. The molecule has 1 unspecified atom stereocenters. The molecular formula is C18H17IN4O3. The van der Waals surface area contributed by atoms with E-state index in [0.29, 0.717) is 12.1 Å². The maximum absolute atomic E-state index is 12.4. The van der Waals surface area contributed by atoms with Crippen molar-refractivity contribution in [2.24, 2.45) is 0 Å². The molecule has 0 saturated heterocycles. The van der Waals surface area contributed by atoms with E-state index in [1.807, 2.05) is 24.3 Å². The first-order valence-corrected chi connectivity index (χ1v) is 9.01. The Morgan fingerprint density at radius 2 is 2.08 bits per heavy atom. The molecule has 0 radical (unpaired) electrons. The number of aliphatic hydroxyl groups is 1. The van der Waals surface area contributed by atoms with Gasteiger partial charge in [-0.25, -0.2) is 4.98 Å². The molecule has 1 heterocycles. The Labute approximate surface area is 163 Å².